The first-order valence-electron chi connectivity index (χ1n) is 12.3. The summed E-state index contributed by atoms with van der Waals surface area (Å²) in [6.45, 7) is 1.59. The third-order valence-corrected chi connectivity index (χ3v) is 6.87. The number of nitrogens with zero attached hydrogens (tertiary/aromatic N) is 5. The Morgan fingerprint density at radius 2 is 1.43 bits per heavy atom. The molecule has 0 atom stereocenters. The molecule has 3 heterocycles. The van der Waals surface area contributed by atoms with Gasteiger partial charge in [-0.1, -0.05) is 78.9 Å². The molecular formula is C30H27N5O2. The van der Waals surface area contributed by atoms with Crippen LogP contribution in [0.15, 0.2) is 114 Å². The van der Waals surface area contributed by atoms with Crippen molar-refractivity contribution < 1.29 is 4.74 Å². The highest BCUT2D eigenvalue weighted by Gasteiger charge is 2.36. The van der Waals surface area contributed by atoms with Gasteiger partial charge in [-0.2, -0.15) is 10.2 Å². The molecule has 7 heteroatoms. The monoisotopic (exact) mass is 489 g/mol. The van der Waals surface area contributed by atoms with Crippen molar-refractivity contribution in [2.75, 3.05) is 20.2 Å². The SMILES string of the molecule is COc1cn(C2CN(C(c3ccccc3)c3ccccc3)C2)nc(-c2ccnn2-c2ccccc2)c1=O. The maximum Gasteiger partial charge on any atom is 0.251 e. The molecule has 0 bridgehead atoms. The number of para-hydroxylation sites is 1. The Bertz CT molecular complexity index is 1500. The first-order valence-corrected chi connectivity index (χ1v) is 12.3. The van der Waals surface area contributed by atoms with Crippen LogP contribution in [0.4, 0.5) is 0 Å². The Labute approximate surface area is 215 Å². The normalized spacial score (nSPS) is 14.0. The summed E-state index contributed by atoms with van der Waals surface area (Å²) >= 11 is 0. The molecule has 0 unspecified atom stereocenters. The van der Waals surface area contributed by atoms with Crippen molar-refractivity contribution in [1.29, 1.82) is 0 Å². The van der Waals surface area contributed by atoms with Crippen LogP contribution in [0.2, 0.25) is 0 Å². The lowest BCUT2D eigenvalue weighted by Crippen LogP contribution is -2.50. The summed E-state index contributed by atoms with van der Waals surface area (Å²) in [6, 6.07) is 32.9. The zero-order valence-electron chi connectivity index (χ0n) is 20.5. The minimum atomic E-state index is -0.251. The molecule has 1 aliphatic rings. The Morgan fingerprint density at radius 3 is 2.03 bits per heavy atom. The van der Waals surface area contributed by atoms with Crippen molar-refractivity contribution in [3.8, 4) is 22.8 Å². The fourth-order valence-electron chi connectivity index (χ4n) is 4.99. The molecule has 7 nitrogen and oxygen atoms in total. The fourth-order valence-corrected chi connectivity index (χ4v) is 4.99. The lowest BCUT2D eigenvalue weighted by molar-refractivity contribution is 0.0669. The van der Waals surface area contributed by atoms with Crippen LogP contribution in [0.5, 0.6) is 5.75 Å². The number of hydrogen-bond donors (Lipinski definition) is 0. The summed E-state index contributed by atoms with van der Waals surface area (Å²) in [6.07, 6.45) is 3.40. The van der Waals surface area contributed by atoms with Crippen molar-refractivity contribution in [3.63, 3.8) is 0 Å². The largest absolute Gasteiger partial charge is 0.491 e. The number of methoxy groups -OCH3 is 1. The van der Waals surface area contributed by atoms with Crippen molar-refractivity contribution in [3.05, 3.63) is 131 Å². The van der Waals surface area contributed by atoms with E-state index >= 15 is 0 Å². The molecule has 0 radical (unpaired) electrons. The minimum absolute atomic E-state index is 0.108. The second kappa shape index (κ2) is 9.87. The van der Waals surface area contributed by atoms with Gasteiger partial charge in [0.05, 0.1) is 43.0 Å². The fraction of sp³-hybridized carbons (Fsp3) is 0.167. The maximum atomic E-state index is 13.3. The highest BCUT2D eigenvalue weighted by molar-refractivity contribution is 5.58. The van der Waals surface area contributed by atoms with E-state index in [9.17, 15) is 4.79 Å². The van der Waals surface area contributed by atoms with Crippen LogP contribution in [-0.4, -0.2) is 44.7 Å². The third kappa shape index (κ3) is 4.34. The second-order valence-electron chi connectivity index (χ2n) is 9.15. The maximum absolute atomic E-state index is 13.3. The molecule has 2 aromatic heterocycles. The Hall–Kier alpha value is -4.49. The molecule has 0 N–H and O–H groups in total. The predicted octanol–water partition coefficient (Wildman–Crippen LogP) is 4.75. The molecule has 1 fully saturated rings. The van der Waals surface area contributed by atoms with Crippen LogP contribution in [0.3, 0.4) is 0 Å². The van der Waals surface area contributed by atoms with Crippen molar-refractivity contribution in [2.45, 2.75) is 12.1 Å². The molecule has 0 saturated carbocycles. The first-order chi connectivity index (χ1) is 18.2. The summed E-state index contributed by atoms with van der Waals surface area (Å²) in [7, 11) is 1.52. The van der Waals surface area contributed by atoms with Crippen LogP contribution in [0.25, 0.3) is 17.1 Å². The number of ether oxygens (including phenoxy) is 1. The minimum Gasteiger partial charge on any atom is -0.491 e. The number of benzene rings is 3. The van der Waals surface area contributed by atoms with Gasteiger partial charge in [-0.25, -0.2) is 4.68 Å². The van der Waals surface area contributed by atoms with Crippen LogP contribution < -0.4 is 10.2 Å². The Morgan fingerprint density at radius 1 is 0.838 bits per heavy atom. The Kier molecular flexibility index (Phi) is 6.12. The second-order valence-corrected chi connectivity index (χ2v) is 9.15. The molecule has 6 rings (SSSR count). The average Bonchev–Trinajstić information content (AvgIpc) is 3.42. The highest BCUT2D eigenvalue weighted by atomic mass is 16.5. The molecule has 5 aromatic rings. The quantitative estimate of drug-likeness (QED) is 0.330. The standard InChI is InChI=1S/C30H27N5O2/c1-37-27-21-34(32-28(30(27)36)26-17-18-31-35(26)24-15-9-4-10-16-24)25-19-33(20-25)29(22-11-5-2-6-12-22)23-13-7-3-8-14-23/h2-18,21,25,29H,19-20H2,1H3. The molecule has 184 valence electrons. The molecule has 37 heavy (non-hydrogen) atoms. The summed E-state index contributed by atoms with van der Waals surface area (Å²) in [5, 5.41) is 9.26. The van der Waals surface area contributed by atoms with Crippen molar-refractivity contribution >= 4 is 0 Å². The van der Waals surface area contributed by atoms with Crippen molar-refractivity contribution in [2.24, 2.45) is 0 Å². The first kappa shape index (κ1) is 22.9. The molecule has 0 spiro atoms. The van der Waals surface area contributed by atoms with E-state index in [1.807, 2.05) is 53.2 Å². The van der Waals surface area contributed by atoms with Gasteiger partial charge in [-0.3, -0.25) is 14.4 Å². The van der Waals surface area contributed by atoms with Crippen LogP contribution in [0, 0.1) is 0 Å². The van der Waals surface area contributed by atoms with E-state index in [-0.39, 0.29) is 23.3 Å². The van der Waals surface area contributed by atoms with E-state index in [0.29, 0.717) is 11.4 Å². The van der Waals surface area contributed by atoms with Crippen LogP contribution in [-0.2, 0) is 0 Å². The zero-order chi connectivity index (χ0) is 25.2. The van der Waals surface area contributed by atoms with E-state index in [1.54, 1.807) is 17.1 Å². The van der Waals surface area contributed by atoms with Gasteiger partial charge in [0.25, 0.3) is 5.43 Å². The summed E-state index contributed by atoms with van der Waals surface area (Å²) in [4.78, 5) is 15.7. The van der Waals surface area contributed by atoms with E-state index < -0.39 is 0 Å². The van der Waals surface area contributed by atoms with E-state index in [1.165, 1.54) is 18.2 Å². The molecular weight excluding hydrogens is 462 g/mol. The third-order valence-electron chi connectivity index (χ3n) is 6.87. The van der Waals surface area contributed by atoms with Gasteiger partial charge in [-0.05, 0) is 29.3 Å². The predicted molar refractivity (Wildman–Crippen MR) is 143 cm³/mol. The van der Waals surface area contributed by atoms with E-state index in [4.69, 9.17) is 9.84 Å². The van der Waals surface area contributed by atoms with E-state index in [2.05, 4.69) is 58.5 Å². The molecule has 1 aliphatic heterocycles. The molecule has 0 aliphatic carbocycles. The van der Waals surface area contributed by atoms with Crippen LogP contribution >= 0.6 is 0 Å². The highest BCUT2D eigenvalue weighted by Crippen LogP contribution is 2.36. The molecule has 3 aromatic carbocycles. The summed E-state index contributed by atoms with van der Waals surface area (Å²) < 4.78 is 9.10. The molecule has 1 saturated heterocycles. The summed E-state index contributed by atoms with van der Waals surface area (Å²) in [5.74, 6) is 0.270. The van der Waals surface area contributed by atoms with E-state index in [0.717, 1.165) is 18.8 Å². The van der Waals surface area contributed by atoms with Gasteiger partial charge >= 0.3 is 0 Å². The molecule has 0 amide bonds. The Balaban J connectivity index is 1.33. The topological polar surface area (TPSA) is 65.2 Å². The van der Waals surface area contributed by atoms with Gasteiger partial charge in [-0.15, -0.1) is 0 Å². The number of likely N-dealkylation sites (tertiary alicyclic amines) is 1. The smallest absolute Gasteiger partial charge is 0.251 e. The lowest BCUT2D eigenvalue weighted by atomic mass is 9.93. The zero-order valence-corrected chi connectivity index (χ0v) is 20.5. The number of aromatic nitrogens is 4. The summed E-state index contributed by atoms with van der Waals surface area (Å²) in [5.41, 5.74) is 4.07. The van der Waals surface area contributed by atoms with Gasteiger partial charge in [0, 0.05) is 13.1 Å². The van der Waals surface area contributed by atoms with Gasteiger partial charge < -0.3 is 4.74 Å². The van der Waals surface area contributed by atoms with Crippen LogP contribution in [0.1, 0.15) is 23.2 Å². The lowest BCUT2D eigenvalue weighted by Gasteiger charge is -2.45. The number of rotatable bonds is 7. The van der Waals surface area contributed by atoms with Crippen molar-refractivity contribution in [1.82, 2.24) is 24.5 Å². The van der Waals surface area contributed by atoms with Gasteiger partial charge in [0.15, 0.2) is 11.4 Å². The van der Waals surface area contributed by atoms with Gasteiger partial charge in [0.2, 0.25) is 0 Å². The number of hydrogen-bond acceptors (Lipinski definition) is 5. The average molecular weight is 490 g/mol. The van der Waals surface area contributed by atoms with Gasteiger partial charge in [0.1, 0.15) is 0 Å².